The number of hydrogen-bond acceptors (Lipinski definition) is 3. The molecule has 100 valence electrons. The van der Waals surface area contributed by atoms with Crippen LogP contribution in [0.4, 0.5) is 0 Å². The third kappa shape index (κ3) is 3.05. The molecule has 0 aromatic carbocycles. The molecular weight excluding hydrogens is 268 g/mol. The average Bonchev–Trinajstić information content (AvgIpc) is 2.88. The van der Waals surface area contributed by atoms with E-state index in [1.54, 1.807) is 11.3 Å². The Bertz CT molecular complexity index is 396. The molecule has 2 atom stereocenters. The van der Waals surface area contributed by atoms with Crippen molar-refractivity contribution in [1.29, 1.82) is 0 Å². The van der Waals surface area contributed by atoms with Crippen molar-refractivity contribution >= 4 is 29.7 Å². The van der Waals surface area contributed by atoms with Crippen molar-refractivity contribution in [1.82, 2.24) is 10.2 Å². The number of amides is 1. The number of thiophene rings is 1. The van der Waals surface area contributed by atoms with Crippen molar-refractivity contribution in [3.05, 3.63) is 22.4 Å². The third-order valence-corrected chi connectivity index (χ3v) is 4.66. The fourth-order valence-electron chi connectivity index (χ4n) is 2.84. The normalized spacial score (nSPS) is 26.6. The molecule has 2 fully saturated rings. The number of fused-ring (bicyclic) bond motifs is 2. The number of hydrogen-bond donors (Lipinski definition) is 1. The Morgan fingerprint density at radius 3 is 3.00 bits per heavy atom. The number of carbonyl (C=O) groups excluding carboxylic acids is 1. The highest BCUT2D eigenvalue weighted by molar-refractivity contribution is 7.10. The van der Waals surface area contributed by atoms with E-state index in [1.165, 1.54) is 17.7 Å². The zero-order valence-electron chi connectivity index (χ0n) is 10.3. The predicted octanol–water partition coefficient (Wildman–Crippen LogP) is 2.07. The maximum atomic E-state index is 12.2. The fraction of sp³-hybridized carbons (Fsp3) is 0.615. The predicted molar refractivity (Wildman–Crippen MR) is 76.4 cm³/mol. The summed E-state index contributed by atoms with van der Waals surface area (Å²) in [5.41, 5.74) is 0. The van der Waals surface area contributed by atoms with Gasteiger partial charge < -0.3 is 10.2 Å². The maximum absolute atomic E-state index is 12.2. The number of rotatable bonds is 2. The van der Waals surface area contributed by atoms with Gasteiger partial charge in [0, 0.05) is 30.1 Å². The maximum Gasteiger partial charge on any atom is 0.227 e. The van der Waals surface area contributed by atoms with Crippen LogP contribution in [0.2, 0.25) is 0 Å². The minimum atomic E-state index is 0. The molecule has 0 spiro atoms. The second-order valence-corrected chi connectivity index (χ2v) is 6.05. The molecule has 1 N–H and O–H groups in total. The van der Waals surface area contributed by atoms with Crippen LogP contribution in [0, 0.1) is 0 Å². The zero-order valence-corrected chi connectivity index (χ0v) is 11.9. The molecule has 1 aromatic heterocycles. The summed E-state index contributed by atoms with van der Waals surface area (Å²) >= 11 is 1.67. The van der Waals surface area contributed by atoms with Gasteiger partial charge in [0.05, 0.1) is 6.42 Å². The summed E-state index contributed by atoms with van der Waals surface area (Å²) in [6.45, 7) is 1.83. The minimum Gasteiger partial charge on any atom is -0.341 e. The first-order valence-corrected chi connectivity index (χ1v) is 7.25. The molecular formula is C13H19ClN2OS. The van der Waals surface area contributed by atoms with E-state index in [0.717, 1.165) is 19.5 Å². The summed E-state index contributed by atoms with van der Waals surface area (Å²) in [6, 6.07) is 5.25. The average molecular weight is 287 g/mol. The van der Waals surface area contributed by atoms with Crippen LogP contribution in [0.25, 0.3) is 0 Å². The van der Waals surface area contributed by atoms with Gasteiger partial charge in [0.1, 0.15) is 0 Å². The topological polar surface area (TPSA) is 32.3 Å². The molecule has 2 aliphatic rings. The summed E-state index contributed by atoms with van der Waals surface area (Å²) in [6.07, 6.45) is 4.22. The Hall–Kier alpha value is -0.580. The first-order valence-electron chi connectivity index (χ1n) is 6.37. The summed E-state index contributed by atoms with van der Waals surface area (Å²) in [4.78, 5) is 15.4. The standard InChI is InChI=1S/C13H18N2OS.ClH/c16-13(8-12-2-1-7-17-12)15-6-5-10-3-4-11(9-15)14-10;/h1-2,7,10-11,14H,3-6,8-9H2;1H. The lowest BCUT2D eigenvalue weighted by atomic mass is 10.1. The molecule has 2 saturated heterocycles. The lowest BCUT2D eigenvalue weighted by molar-refractivity contribution is -0.130. The second-order valence-electron chi connectivity index (χ2n) is 5.02. The lowest BCUT2D eigenvalue weighted by Gasteiger charge is -2.24. The smallest absolute Gasteiger partial charge is 0.227 e. The van der Waals surface area contributed by atoms with Crippen molar-refractivity contribution < 1.29 is 4.79 Å². The number of halogens is 1. The van der Waals surface area contributed by atoms with Crippen molar-refractivity contribution in [2.45, 2.75) is 37.8 Å². The highest BCUT2D eigenvalue weighted by Gasteiger charge is 2.30. The van der Waals surface area contributed by atoms with Crippen molar-refractivity contribution in [3.63, 3.8) is 0 Å². The van der Waals surface area contributed by atoms with E-state index >= 15 is 0 Å². The Morgan fingerprint density at radius 2 is 2.22 bits per heavy atom. The molecule has 0 radical (unpaired) electrons. The van der Waals surface area contributed by atoms with Crippen LogP contribution in [-0.2, 0) is 11.2 Å². The SMILES string of the molecule is Cl.O=C(Cc1cccs1)N1CCC2CCC(C1)N2. The molecule has 1 aromatic rings. The quantitative estimate of drug-likeness (QED) is 0.903. The van der Waals surface area contributed by atoms with Crippen LogP contribution >= 0.6 is 23.7 Å². The molecule has 2 aliphatic heterocycles. The zero-order chi connectivity index (χ0) is 11.7. The van der Waals surface area contributed by atoms with Gasteiger partial charge in [-0.15, -0.1) is 23.7 Å². The molecule has 0 aliphatic carbocycles. The number of carbonyl (C=O) groups is 1. The van der Waals surface area contributed by atoms with E-state index in [0.29, 0.717) is 24.4 Å². The molecule has 0 saturated carbocycles. The van der Waals surface area contributed by atoms with Crippen LogP contribution in [0.3, 0.4) is 0 Å². The van der Waals surface area contributed by atoms with Crippen LogP contribution in [0.5, 0.6) is 0 Å². The lowest BCUT2D eigenvalue weighted by Crippen LogP contribution is -2.39. The van der Waals surface area contributed by atoms with Gasteiger partial charge in [0.2, 0.25) is 5.91 Å². The Kier molecular flexibility index (Phi) is 4.65. The van der Waals surface area contributed by atoms with Crippen molar-refractivity contribution in [2.24, 2.45) is 0 Å². The summed E-state index contributed by atoms with van der Waals surface area (Å²) in [5.74, 6) is 0.293. The van der Waals surface area contributed by atoms with Gasteiger partial charge in [-0.25, -0.2) is 0 Å². The Morgan fingerprint density at radius 1 is 1.39 bits per heavy atom. The van der Waals surface area contributed by atoms with E-state index < -0.39 is 0 Å². The molecule has 5 heteroatoms. The van der Waals surface area contributed by atoms with Crippen molar-refractivity contribution in [2.75, 3.05) is 13.1 Å². The van der Waals surface area contributed by atoms with Gasteiger partial charge >= 0.3 is 0 Å². The number of nitrogens with zero attached hydrogens (tertiary/aromatic N) is 1. The highest BCUT2D eigenvalue weighted by atomic mass is 35.5. The van der Waals surface area contributed by atoms with Gasteiger partial charge in [-0.2, -0.15) is 0 Å². The van der Waals surface area contributed by atoms with Crippen LogP contribution in [-0.4, -0.2) is 36.0 Å². The first kappa shape index (κ1) is 13.8. The van der Waals surface area contributed by atoms with E-state index in [2.05, 4.69) is 10.2 Å². The van der Waals surface area contributed by atoms with E-state index in [9.17, 15) is 4.79 Å². The molecule has 3 heterocycles. The van der Waals surface area contributed by atoms with Crippen LogP contribution in [0.15, 0.2) is 17.5 Å². The summed E-state index contributed by atoms with van der Waals surface area (Å²) in [5, 5.41) is 5.64. The minimum absolute atomic E-state index is 0. The van der Waals surface area contributed by atoms with Gasteiger partial charge in [-0.05, 0) is 30.7 Å². The number of likely N-dealkylation sites (tertiary alicyclic amines) is 1. The van der Waals surface area contributed by atoms with E-state index in [-0.39, 0.29) is 12.4 Å². The Labute approximate surface area is 118 Å². The molecule has 2 bridgehead atoms. The van der Waals surface area contributed by atoms with Gasteiger partial charge in [-0.1, -0.05) is 6.07 Å². The molecule has 3 nitrogen and oxygen atoms in total. The molecule has 2 unspecified atom stereocenters. The van der Waals surface area contributed by atoms with Gasteiger partial charge in [-0.3, -0.25) is 4.79 Å². The van der Waals surface area contributed by atoms with Crippen LogP contribution < -0.4 is 5.32 Å². The largest absolute Gasteiger partial charge is 0.341 e. The first-order chi connectivity index (χ1) is 8.31. The Balaban J connectivity index is 0.00000120. The monoisotopic (exact) mass is 286 g/mol. The summed E-state index contributed by atoms with van der Waals surface area (Å²) in [7, 11) is 0. The molecule has 18 heavy (non-hydrogen) atoms. The van der Waals surface area contributed by atoms with E-state index in [1.807, 2.05) is 17.5 Å². The molecule has 1 amide bonds. The van der Waals surface area contributed by atoms with Gasteiger partial charge in [0.25, 0.3) is 0 Å². The molecule has 3 rings (SSSR count). The summed E-state index contributed by atoms with van der Waals surface area (Å²) < 4.78 is 0. The highest BCUT2D eigenvalue weighted by Crippen LogP contribution is 2.21. The number of nitrogens with one attached hydrogen (secondary N) is 1. The van der Waals surface area contributed by atoms with Gasteiger partial charge in [0.15, 0.2) is 0 Å². The van der Waals surface area contributed by atoms with Crippen molar-refractivity contribution in [3.8, 4) is 0 Å². The fourth-order valence-corrected chi connectivity index (χ4v) is 3.54. The third-order valence-electron chi connectivity index (χ3n) is 3.78. The van der Waals surface area contributed by atoms with Crippen LogP contribution in [0.1, 0.15) is 24.1 Å². The second kappa shape index (κ2) is 6.04. The van der Waals surface area contributed by atoms with E-state index in [4.69, 9.17) is 0 Å².